The zero-order valence-corrected chi connectivity index (χ0v) is 31.8. The van der Waals surface area contributed by atoms with Crippen LogP contribution in [0.4, 0.5) is 0 Å². The van der Waals surface area contributed by atoms with E-state index in [1.54, 1.807) is 79.7 Å². The van der Waals surface area contributed by atoms with Gasteiger partial charge in [0.05, 0.1) is 48.3 Å². The second-order valence-corrected chi connectivity index (χ2v) is 15.8. The molecule has 14 nitrogen and oxygen atoms in total. The van der Waals surface area contributed by atoms with Crippen molar-refractivity contribution in [3.8, 4) is 11.5 Å². The molecule has 0 aromatic heterocycles. The number of phenols is 2. The van der Waals surface area contributed by atoms with Gasteiger partial charge < -0.3 is 31.5 Å². The van der Waals surface area contributed by atoms with E-state index in [4.69, 9.17) is 0 Å². The van der Waals surface area contributed by atoms with E-state index in [-0.39, 0.29) is 37.7 Å². The predicted molar refractivity (Wildman–Crippen MR) is 204 cm³/mol. The first-order valence-corrected chi connectivity index (χ1v) is 16.9. The summed E-state index contributed by atoms with van der Waals surface area (Å²) in [6.07, 6.45) is 5.94. The molecule has 0 spiro atoms. The van der Waals surface area contributed by atoms with Gasteiger partial charge >= 0.3 is 23.6 Å². The van der Waals surface area contributed by atoms with Crippen molar-refractivity contribution >= 4 is 48.5 Å². The Morgan fingerprint density at radius 1 is 0.442 bits per heavy atom. The number of benzene rings is 2. The number of rotatable bonds is 0. The van der Waals surface area contributed by atoms with Crippen LogP contribution in [0.25, 0.3) is 0 Å². The van der Waals surface area contributed by atoms with Gasteiger partial charge in [0.2, 0.25) is 0 Å². The molecule has 2 aromatic rings. The molecule has 0 saturated carbocycles. The van der Waals surface area contributed by atoms with Crippen LogP contribution >= 0.6 is 0 Å². The Morgan fingerprint density at radius 3 is 0.827 bits per heavy atom. The highest BCUT2D eigenvalue weighted by atomic mass is 16.3. The summed E-state index contributed by atoms with van der Waals surface area (Å²) in [6, 6.07) is 6.99. The maximum absolute atomic E-state index is 12.9. The molecule has 2 aromatic carbocycles. The molecule has 0 fully saturated rings. The fraction of sp³-hybridized carbons (Fsp3) is 0.474. The van der Waals surface area contributed by atoms with E-state index in [0.717, 1.165) is 11.1 Å². The maximum atomic E-state index is 12.9. The Kier molecular flexibility index (Phi) is 12.9. The third-order valence-electron chi connectivity index (χ3n) is 7.71. The molecule has 1 aliphatic rings. The molecule has 6 N–H and O–H groups in total. The van der Waals surface area contributed by atoms with Crippen molar-refractivity contribution in [2.45, 2.75) is 91.4 Å². The highest BCUT2D eigenvalue weighted by Gasteiger charge is 2.30. The van der Waals surface area contributed by atoms with Crippen LogP contribution in [0.5, 0.6) is 11.5 Å². The van der Waals surface area contributed by atoms with Crippen molar-refractivity contribution in [1.29, 1.82) is 0 Å². The van der Waals surface area contributed by atoms with Gasteiger partial charge in [-0.2, -0.15) is 0 Å². The number of hydrogen-bond donors (Lipinski definition) is 6. The average molecular weight is 717 g/mol. The molecule has 0 aliphatic carbocycles. The summed E-state index contributed by atoms with van der Waals surface area (Å²) in [4.78, 5) is 69.2. The third-order valence-corrected chi connectivity index (χ3v) is 7.71. The summed E-state index contributed by atoms with van der Waals surface area (Å²) in [5.41, 5.74) is -0.284. The normalized spacial score (nSPS) is 19.9. The summed E-state index contributed by atoms with van der Waals surface area (Å²) >= 11 is 0. The monoisotopic (exact) mass is 716 g/mol. The lowest BCUT2D eigenvalue weighted by Gasteiger charge is -2.27. The zero-order valence-electron chi connectivity index (χ0n) is 31.8. The lowest BCUT2D eigenvalue weighted by atomic mass is 10.0. The van der Waals surface area contributed by atoms with Gasteiger partial charge in [0.15, 0.2) is 0 Å². The molecule has 1 heterocycles. The van der Waals surface area contributed by atoms with Gasteiger partial charge in [0, 0.05) is 47.1 Å². The van der Waals surface area contributed by atoms with Crippen molar-refractivity contribution in [2.75, 3.05) is 26.2 Å². The first-order chi connectivity index (χ1) is 24.0. The minimum atomic E-state index is -0.913. The summed E-state index contributed by atoms with van der Waals surface area (Å²) in [6.45, 7) is 17.9. The highest BCUT2D eigenvalue weighted by molar-refractivity contribution is 6.35. The quantitative estimate of drug-likeness (QED) is 0.226. The Balaban J connectivity index is 1.94. The Labute approximate surface area is 305 Å². The van der Waals surface area contributed by atoms with Crippen LogP contribution in [0, 0.1) is 13.8 Å². The second kappa shape index (κ2) is 16.3. The number of carbonyl (C=O) groups is 4. The van der Waals surface area contributed by atoms with Crippen molar-refractivity contribution in [3.63, 3.8) is 0 Å². The Morgan fingerprint density at radius 2 is 0.635 bits per heavy atom. The molecule has 3 rings (SSSR count). The van der Waals surface area contributed by atoms with Crippen LogP contribution in [-0.4, -0.2) is 107 Å². The number of nitrogens with one attached hydrogen (secondary N) is 4. The maximum Gasteiger partial charge on any atom is 0.309 e. The first kappa shape index (κ1) is 41.0. The molecular weight excluding hydrogens is 664 g/mol. The lowest BCUT2D eigenvalue weighted by molar-refractivity contribution is -0.141. The first-order valence-electron chi connectivity index (χ1n) is 16.9. The number of phenolic OH excluding ortho intramolecular Hbond substituents is 2. The SMILES string of the molecule is Cc1cc2c(O)c(c1)C=NCC(C)(C)NC(=O)C(=O)NC(C)(C)CN=Cc1cc(C)cc(c1O)C=NCC(C)(C)NC(=O)C(=O)NC(C)(C)CN=C2. The fourth-order valence-electron chi connectivity index (χ4n) is 5.17. The van der Waals surface area contributed by atoms with Crippen LogP contribution in [0.15, 0.2) is 44.2 Å². The third kappa shape index (κ3) is 12.4. The molecule has 4 bridgehead atoms. The van der Waals surface area contributed by atoms with Crippen LogP contribution in [0.3, 0.4) is 0 Å². The van der Waals surface area contributed by atoms with E-state index in [1.807, 2.05) is 13.8 Å². The number of hydrogen-bond acceptors (Lipinski definition) is 10. The summed E-state index contributed by atoms with van der Waals surface area (Å²) in [5, 5.41) is 32.8. The molecule has 0 saturated heterocycles. The molecular formula is C38H52N8O6. The van der Waals surface area contributed by atoms with E-state index < -0.39 is 45.8 Å². The van der Waals surface area contributed by atoms with Gasteiger partial charge in [-0.3, -0.25) is 39.1 Å². The smallest absolute Gasteiger partial charge is 0.309 e. The van der Waals surface area contributed by atoms with Gasteiger partial charge in [-0.25, -0.2) is 0 Å². The van der Waals surface area contributed by atoms with Crippen LogP contribution in [0.2, 0.25) is 0 Å². The fourth-order valence-corrected chi connectivity index (χ4v) is 5.17. The number of nitrogens with zero attached hydrogens (tertiary/aromatic N) is 4. The topological polar surface area (TPSA) is 206 Å². The standard InChI is InChI=1S/C38H52N8O6/c1-23-11-25-15-39-19-35(3,4)43-31(49)33(51)45-37(7,8)21-41-17-27-13-24(2)14-28(30(27)48)18-42-22-38(9,10)46-34(52)32(50)44-36(5,6)20-40-16-26(12-23)29(25)47/h11-18,47-48H,19-22H2,1-10H3,(H,43,49)(H,44,50)(H,45,51)(H,46,52). The van der Waals surface area contributed by atoms with E-state index in [2.05, 4.69) is 41.2 Å². The minimum absolute atomic E-state index is 0.0624. The van der Waals surface area contributed by atoms with E-state index in [9.17, 15) is 29.4 Å². The van der Waals surface area contributed by atoms with Crippen molar-refractivity contribution in [1.82, 2.24) is 21.3 Å². The van der Waals surface area contributed by atoms with Gasteiger partial charge in [-0.1, -0.05) is 0 Å². The lowest BCUT2D eigenvalue weighted by Crippen LogP contribution is -2.56. The zero-order chi connectivity index (χ0) is 39.1. The van der Waals surface area contributed by atoms with E-state index >= 15 is 0 Å². The minimum Gasteiger partial charge on any atom is -0.507 e. The molecule has 14 heteroatoms. The summed E-state index contributed by atoms with van der Waals surface area (Å²) in [5.74, 6) is -3.47. The number of aryl methyl sites for hydroxylation is 2. The summed E-state index contributed by atoms with van der Waals surface area (Å²) < 4.78 is 0. The largest absolute Gasteiger partial charge is 0.507 e. The molecule has 1 aliphatic heterocycles. The number of aliphatic imine (C=N–C) groups is 4. The van der Waals surface area contributed by atoms with Gasteiger partial charge in [0.1, 0.15) is 11.5 Å². The number of aromatic hydroxyl groups is 2. The van der Waals surface area contributed by atoms with Crippen LogP contribution in [0.1, 0.15) is 88.8 Å². The van der Waals surface area contributed by atoms with E-state index in [0.29, 0.717) is 22.3 Å². The van der Waals surface area contributed by atoms with Crippen molar-refractivity contribution in [2.24, 2.45) is 20.0 Å². The van der Waals surface area contributed by atoms with E-state index in [1.165, 1.54) is 24.9 Å². The van der Waals surface area contributed by atoms with Gasteiger partial charge in [-0.15, -0.1) is 0 Å². The van der Waals surface area contributed by atoms with Gasteiger partial charge in [0.25, 0.3) is 0 Å². The average Bonchev–Trinajstić information content (AvgIpc) is 2.99. The second-order valence-electron chi connectivity index (χ2n) is 15.8. The van der Waals surface area contributed by atoms with Crippen LogP contribution in [-0.2, 0) is 19.2 Å². The molecule has 0 unspecified atom stereocenters. The molecule has 52 heavy (non-hydrogen) atoms. The molecule has 4 amide bonds. The number of carbonyl (C=O) groups excluding carboxylic acids is 4. The number of amides is 4. The molecule has 0 radical (unpaired) electrons. The molecule has 0 atom stereocenters. The van der Waals surface area contributed by atoms with Gasteiger partial charge in [-0.05, 0) is 105 Å². The Hall–Kier alpha value is -5.40. The summed E-state index contributed by atoms with van der Waals surface area (Å²) in [7, 11) is 0. The molecule has 280 valence electrons. The van der Waals surface area contributed by atoms with Crippen LogP contribution < -0.4 is 21.3 Å². The Bertz CT molecular complexity index is 1570. The highest BCUT2D eigenvalue weighted by Crippen LogP contribution is 2.24. The number of fused-ring (bicyclic) bond motifs is 4. The predicted octanol–water partition coefficient (Wildman–Crippen LogP) is 2.68. The van der Waals surface area contributed by atoms with Crippen molar-refractivity contribution in [3.05, 3.63) is 57.6 Å². The van der Waals surface area contributed by atoms with Crippen molar-refractivity contribution < 1.29 is 29.4 Å².